The minimum absolute atomic E-state index is 0.877. The molecule has 0 bridgehead atoms. The van der Waals surface area contributed by atoms with Gasteiger partial charge in [0.25, 0.3) is 0 Å². The molecule has 4 heteroatoms. The molecule has 6 aromatic rings. The third-order valence-electron chi connectivity index (χ3n) is 6.37. The monoisotopic (exact) mass is 840 g/mol. The zero-order valence-corrected chi connectivity index (χ0v) is 28.9. The third-order valence-corrected chi connectivity index (χ3v) is 11.8. The van der Waals surface area contributed by atoms with Crippen LogP contribution in [-0.2, 0) is 15.6 Å². The average molecular weight is 840 g/mol. The first-order valence-electron chi connectivity index (χ1n) is 13.1. The van der Waals surface area contributed by atoms with E-state index in [4.69, 9.17) is 0 Å². The van der Waals surface area contributed by atoms with E-state index in [1.165, 1.54) is 31.8 Å². The number of halogens is 1. The van der Waals surface area contributed by atoms with Gasteiger partial charge >= 0.3 is 35.1 Å². The maximum atomic E-state index is 2.24. The summed E-state index contributed by atoms with van der Waals surface area (Å²) in [5.74, 6) is 0. The Labute approximate surface area is 262 Å². The summed E-state index contributed by atoms with van der Waals surface area (Å²) in [6, 6.07) is 65.0. The van der Waals surface area contributed by atoms with Crippen LogP contribution in [0, 0.1) is 0 Å². The van der Waals surface area contributed by atoms with E-state index >= 15 is 0 Å². The van der Waals surface area contributed by atoms with Crippen molar-refractivity contribution in [1.82, 2.24) is 0 Å². The molecular weight excluding hydrogens is 807 g/mol. The predicted octanol–water partition coefficient (Wildman–Crippen LogP) is 7.24. The van der Waals surface area contributed by atoms with Gasteiger partial charge in [0.1, 0.15) is 31.8 Å². The van der Waals surface area contributed by atoms with Crippen LogP contribution in [0.15, 0.2) is 182 Å². The van der Waals surface area contributed by atoms with E-state index in [1.54, 1.807) is 15.6 Å². The Bertz CT molecular complexity index is 1180. The van der Waals surface area contributed by atoms with Crippen LogP contribution in [0.25, 0.3) is 0 Å². The second kappa shape index (κ2) is 17.4. The van der Waals surface area contributed by atoms with Crippen LogP contribution in [0.4, 0.5) is 0 Å². The second-order valence-corrected chi connectivity index (χ2v) is 13.9. The maximum Gasteiger partial charge on any atom is 0.102 e. The SMILES string of the molecule is [I][Re].c1ccc([PH+](c2ccccc2)c2ccccc2)cc1.c1ccc([PH+](c2ccccc2)c2ccccc2)cc1. The predicted molar refractivity (Wildman–Crippen MR) is 187 cm³/mol. The molecular formula is C36H32IP2Re+2. The summed E-state index contributed by atoms with van der Waals surface area (Å²) in [6.45, 7) is 0. The fraction of sp³-hybridized carbons (Fsp3) is 0. The number of hydrogen-bond acceptors (Lipinski definition) is 0. The normalized spacial score (nSPS) is 10.2. The van der Waals surface area contributed by atoms with E-state index in [9.17, 15) is 0 Å². The van der Waals surface area contributed by atoms with E-state index in [1.807, 2.05) is 0 Å². The first-order chi connectivity index (χ1) is 19.9. The van der Waals surface area contributed by atoms with Gasteiger partial charge in [-0.05, 0) is 72.8 Å². The summed E-state index contributed by atoms with van der Waals surface area (Å²) in [7, 11) is -1.75. The Balaban J connectivity index is 0.000000174. The van der Waals surface area contributed by atoms with Crippen molar-refractivity contribution in [1.29, 1.82) is 0 Å². The van der Waals surface area contributed by atoms with Crippen LogP contribution in [0.1, 0.15) is 0 Å². The van der Waals surface area contributed by atoms with Crippen LogP contribution in [0.2, 0.25) is 0 Å². The summed E-state index contributed by atoms with van der Waals surface area (Å²) >= 11 is 3.90. The van der Waals surface area contributed by atoms with Gasteiger partial charge in [-0.2, -0.15) is 0 Å². The quantitative estimate of drug-likeness (QED) is 0.123. The minimum atomic E-state index is -0.877. The molecule has 0 amide bonds. The molecule has 0 aliphatic rings. The van der Waals surface area contributed by atoms with Crippen molar-refractivity contribution in [3.8, 4) is 0 Å². The zero-order chi connectivity index (χ0) is 27.8. The van der Waals surface area contributed by atoms with Gasteiger partial charge in [0, 0.05) is 0 Å². The third kappa shape index (κ3) is 8.78. The number of benzene rings is 6. The van der Waals surface area contributed by atoms with Crippen molar-refractivity contribution in [2.75, 3.05) is 0 Å². The molecule has 0 unspecified atom stereocenters. The Hall–Kier alpha value is -2.43. The summed E-state index contributed by atoms with van der Waals surface area (Å²) in [4.78, 5) is 0. The summed E-state index contributed by atoms with van der Waals surface area (Å²) in [5.41, 5.74) is 0. The van der Waals surface area contributed by atoms with E-state index in [0.29, 0.717) is 0 Å². The Kier molecular flexibility index (Phi) is 13.3. The van der Waals surface area contributed by atoms with Gasteiger partial charge in [-0.15, -0.1) is 0 Å². The van der Waals surface area contributed by atoms with Gasteiger partial charge in [0.15, 0.2) is 0 Å². The van der Waals surface area contributed by atoms with Crippen molar-refractivity contribution >= 4 is 67.2 Å². The van der Waals surface area contributed by atoms with Crippen molar-refractivity contribution in [2.45, 2.75) is 0 Å². The fourth-order valence-electron chi connectivity index (χ4n) is 4.63. The molecule has 198 valence electrons. The molecule has 0 fully saturated rings. The Morgan fingerprint density at radius 2 is 0.375 bits per heavy atom. The van der Waals surface area contributed by atoms with Gasteiger partial charge in [-0.1, -0.05) is 109 Å². The van der Waals surface area contributed by atoms with Crippen molar-refractivity contribution in [2.24, 2.45) is 0 Å². The van der Waals surface area contributed by atoms with Crippen LogP contribution in [0.3, 0.4) is 0 Å². The molecule has 0 aliphatic carbocycles. The smallest absolute Gasteiger partial charge is 0.0620 e. The molecule has 0 atom stereocenters. The molecule has 0 saturated carbocycles. The minimum Gasteiger partial charge on any atom is -0.0620 e. The van der Waals surface area contributed by atoms with Crippen LogP contribution < -0.4 is 31.8 Å². The molecule has 0 radical (unpaired) electrons. The van der Waals surface area contributed by atoms with Crippen molar-refractivity contribution in [3.63, 3.8) is 0 Å². The van der Waals surface area contributed by atoms with E-state index in [-0.39, 0.29) is 0 Å². The molecule has 6 aromatic carbocycles. The van der Waals surface area contributed by atoms with Crippen LogP contribution in [0.5, 0.6) is 0 Å². The fourth-order valence-corrected chi connectivity index (χ4v) is 9.78. The Morgan fingerprint density at radius 1 is 0.250 bits per heavy atom. The average Bonchev–Trinajstić information content (AvgIpc) is 3.06. The van der Waals surface area contributed by atoms with Gasteiger partial charge in [0.2, 0.25) is 0 Å². The summed E-state index contributed by atoms with van der Waals surface area (Å²) in [6.07, 6.45) is 0. The molecule has 0 heterocycles. The standard InChI is InChI=1S/2C18H15P.HI.Re/c2*1-4-10-16(11-5-1)19(17-12-6-2-7-13-17)18-14-8-3-9-15-18;;/h2*1-15H;1H;/q;;;+1/p+1. The zero-order valence-electron chi connectivity index (χ0n) is 22.1. The summed E-state index contributed by atoms with van der Waals surface area (Å²) < 4.78 is 0. The van der Waals surface area contributed by atoms with Gasteiger partial charge in [0.05, 0.1) is 15.8 Å². The van der Waals surface area contributed by atoms with E-state index in [2.05, 4.69) is 202 Å². The number of hydrogen-bond donors (Lipinski definition) is 0. The molecule has 40 heavy (non-hydrogen) atoms. The first kappa shape index (κ1) is 30.5. The van der Waals surface area contributed by atoms with Gasteiger partial charge in [-0.3, -0.25) is 0 Å². The molecule has 0 saturated heterocycles. The topological polar surface area (TPSA) is 0 Å². The molecule has 0 N–H and O–H groups in total. The molecule has 0 spiro atoms. The molecule has 6 rings (SSSR count). The largest absolute Gasteiger partial charge is 0.102 e. The number of rotatable bonds is 6. The van der Waals surface area contributed by atoms with Crippen LogP contribution >= 0.6 is 35.4 Å². The first-order valence-corrected chi connectivity index (χ1v) is 23.8. The van der Waals surface area contributed by atoms with E-state index < -0.39 is 15.8 Å². The van der Waals surface area contributed by atoms with Crippen LogP contribution in [-0.4, -0.2) is 0 Å². The molecule has 0 aromatic heterocycles. The van der Waals surface area contributed by atoms with E-state index in [0.717, 1.165) is 0 Å². The molecule has 0 aliphatic heterocycles. The maximum absolute atomic E-state index is 2.24. The van der Waals surface area contributed by atoms with Gasteiger partial charge in [-0.25, -0.2) is 0 Å². The Morgan fingerprint density at radius 3 is 0.500 bits per heavy atom. The second-order valence-electron chi connectivity index (χ2n) is 8.95. The molecule has 0 nitrogen and oxygen atoms in total. The van der Waals surface area contributed by atoms with Crippen molar-refractivity contribution in [3.05, 3.63) is 182 Å². The van der Waals surface area contributed by atoms with Crippen molar-refractivity contribution < 1.29 is 15.6 Å². The van der Waals surface area contributed by atoms with Gasteiger partial charge < -0.3 is 0 Å². The summed E-state index contributed by atoms with van der Waals surface area (Å²) in [5, 5.41) is 8.61.